The van der Waals surface area contributed by atoms with Crippen LogP contribution in [-0.2, 0) is 10.0 Å². The highest BCUT2D eigenvalue weighted by atomic mass is 79.9. The third-order valence-electron chi connectivity index (χ3n) is 2.66. The van der Waals surface area contributed by atoms with Crippen LogP contribution in [0.1, 0.15) is 5.56 Å². The van der Waals surface area contributed by atoms with Crippen LogP contribution in [0, 0.1) is 6.92 Å². The molecule has 19 heavy (non-hydrogen) atoms. The Hall–Kier alpha value is -1.53. The quantitative estimate of drug-likeness (QED) is 0.900. The van der Waals surface area contributed by atoms with Crippen LogP contribution in [0.3, 0.4) is 0 Å². The zero-order valence-electron chi connectivity index (χ0n) is 10.1. The van der Waals surface area contributed by atoms with Gasteiger partial charge >= 0.3 is 0 Å². The summed E-state index contributed by atoms with van der Waals surface area (Å²) in [6.07, 6.45) is 0. The molecule has 0 heterocycles. The number of halogens is 1. The first kappa shape index (κ1) is 13.9. The first-order chi connectivity index (χ1) is 8.90. The number of phenols is 1. The van der Waals surface area contributed by atoms with Crippen LogP contribution in [0.5, 0.6) is 5.75 Å². The van der Waals surface area contributed by atoms with Gasteiger partial charge in [0.25, 0.3) is 10.0 Å². The van der Waals surface area contributed by atoms with E-state index in [1.54, 1.807) is 31.2 Å². The Morgan fingerprint density at radius 2 is 1.84 bits per heavy atom. The lowest BCUT2D eigenvalue weighted by Gasteiger charge is -2.11. The van der Waals surface area contributed by atoms with E-state index in [-0.39, 0.29) is 10.6 Å². The average Bonchev–Trinajstić information content (AvgIpc) is 2.35. The number of sulfonamides is 1. The van der Waals surface area contributed by atoms with Gasteiger partial charge in [-0.25, -0.2) is 8.42 Å². The summed E-state index contributed by atoms with van der Waals surface area (Å²) in [5.41, 5.74) is 0.848. The molecule has 100 valence electrons. The molecule has 2 rings (SSSR count). The van der Waals surface area contributed by atoms with Gasteiger partial charge in [0.1, 0.15) is 5.75 Å². The summed E-state index contributed by atoms with van der Waals surface area (Å²) in [4.78, 5) is 0.157. The first-order valence-electron chi connectivity index (χ1n) is 5.47. The van der Waals surface area contributed by atoms with E-state index in [1.807, 2.05) is 0 Å². The molecule has 0 aliphatic rings. The second-order valence-electron chi connectivity index (χ2n) is 4.01. The number of hydrogen-bond acceptors (Lipinski definition) is 3. The molecule has 0 fully saturated rings. The van der Waals surface area contributed by atoms with Crippen molar-refractivity contribution in [2.45, 2.75) is 11.8 Å². The van der Waals surface area contributed by atoms with Gasteiger partial charge in [0.05, 0.1) is 10.6 Å². The number of aromatic hydroxyl groups is 1. The summed E-state index contributed by atoms with van der Waals surface area (Å²) in [6, 6.07) is 11.1. The van der Waals surface area contributed by atoms with Crippen molar-refractivity contribution in [1.29, 1.82) is 0 Å². The molecule has 0 aliphatic carbocycles. The lowest BCUT2D eigenvalue weighted by atomic mass is 10.2. The molecule has 0 aliphatic heterocycles. The van der Waals surface area contributed by atoms with E-state index in [0.29, 0.717) is 15.7 Å². The number of hydrogen-bond donors (Lipinski definition) is 2. The van der Waals surface area contributed by atoms with Gasteiger partial charge in [-0.3, -0.25) is 4.72 Å². The third kappa shape index (κ3) is 3.08. The molecular formula is C13H12BrNO3S. The minimum absolute atomic E-state index is 0.0504. The summed E-state index contributed by atoms with van der Waals surface area (Å²) >= 11 is 3.23. The number of phenolic OH excluding ortho intramolecular Hbond substituents is 1. The molecule has 0 atom stereocenters. The number of nitrogens with one attached hydrogen (secondary N) is 1. The van der Waals surface area contributed by atoms with Gasteiger partial charge in [-0.05, 0) is 37.3 Å². The van der Waals surface area contributed by atoms with Crippen molar-refractivity contribution in [3.8, 4) is 5.75 Å². The SMILES string of the molecule is Cc1c(O)cccc1NS(=O)(=O)c1cccc(Br)c1. The van der Waals surface area contributed by atoms with Crippen molar-refractivity contribution in [3.63, 3.8) is 0 Å². The Labute approximate surface area is 120 Å². The fourth-order valence-electron chi connectivity index (χ4n) is 1.57. The summed E-state index contributed by atoms with van der Waals surface area (Å²) in [5.74, 6) is 0.0504. The van der Waals surface area contributed by atoms with Crippen molar-refractivity contribution >= 4 is 31.6 Å². The minimum atomic E-state index is -3.67. The predicted octanol–water partition coefficient (Wildman–Crippen LogP) is 3.26. The molecule has 0 bridgehead atoms. The van der Waals surface area contributed by atoms with Crippen LogP contribution in [0.2, 0.25) is 0 Å². The van der Waals surface area contributed by atoms with E-state index in [2.05, 4.69) is 20.7 Å². The summed E-state index contributed by atoms with van der Waals surface area (Å²) in [5, 5.41) is 9.57. The standard InChI is InChI=1S/C13H12BrNO3S/c1-9-12(6-3-7-13(9)16)15-19(17,18)11-5-2-4-10(14)8-11/h2-8,15-16H,1H3. The Kier molecular flexibility index (Phi) is 3.82. The van der Waals surface area contributed by atoms with Gasteiger partial charge in [0, 0.05) is 10.0 Å². The topological polar surface area (TPSA) is 66.4 Å². The Bertz CT molecular complexity index is 714. The summed E-state index contributed by atoms with van der Waals surface area (Å²) in [7, 11) is -3.67. The maximum atomic E-state index is 12.2. The number of anilines is 1. The van der Waals surface area contributed by atoms with Gasteiger partial charge in [0.15, 0.2) is 0 Å². The van der Waals surface area contributed by atoms with Crippen molar-refractivity contribution in [3.05, 3.63) is 52.5 Å². The smallest absolute Gasteiger partial charge is 0.261 e. The van der Waals surface area contributed by atoms with Crippen LogP contribution in [0.25, 0.3) is 0 Å². The van der Waals surface area contributed by atoms with Crippen LogP contribution in [0.15, 0.2) is 51.8 Å². The van der Waals surface area contributed by atoms with E-state index in [9.17, 15) is 13.5 Å². The third-order valence-corrected chi connectivity index (χ3v) is 4.51. The molecular weight excluding hydrogens is 330 g/mol. The fourth-order valence-corrected chi connectivity index (χ4v) is 3.29. The van der Waals surface area contributed by atoms with E-state index in [0.717, 1.165) is 0 Å². The van der Waals surface area contributed by atoms with Crippen molar-refractivity contribution in [2.75, 3.05) is 4.72 Å². The summed E-state index contributed by atoms with van der Waals surface area (Å²) < 4.78 is 27.6. The monoisotopic (exact) mass is 341 g/mol. The molecule has 0 spiro atoms. The molecule has 0 radical (unpaired) electrons. The fraction of sp³-hybridized carbons (Fsp3) is 0.0769. The second kappa shape index (κ2) is 5.22. The van der Waals surface area contributed by atoms with E-state index in [1.165, 1.54) is 18.2 Å². The van der Waals surface area contributed by atoms with Crippen LogP contribution in [0.4, 0.5) is 5.69 Å². The van der Waals surface area contributed by atoms with Gasteiger partial charge in [-0.1, -0.05) is 28.1 Å². The van der Waals surface area contributed by atoms with Crippen molar-refractivity contribution in [1.82, 2.24) is 0 Å². The van der Waals surface area contributed by atoms with Gasteiger partial charge in [0.2, 0.25) is 0 Å². The van der Waals surface area contributed by atoms with Gasteiger partial charge in [-0.15, -0.1) is 0 Å². The van der Waals surface area contributed by atoms with Gasteiger partial charge in [-0.2, -0.15) is 0 Å². The Morgan fingerprint density at radius 1 is 1.16 bits per heavy atom. The molecule has 0 amide bonds. The number of benzene rings is 2. The van der Waals surface area contributed by atoms with E-state index < -0.39 is 10.0 Å². The minimum Gasteiger partial charge on any atom is -0.508 e. The number of rotatable bonds is 3. The highest BCUT2D eigenvalue weighted by molar-refractivity contribution is 9.10. The highest BCUT2D eigenvalue weighted by Crippen LogP contribution is 2.26. The predicted molar refractivity (Wildman–Crippen MR) is 77.8 cm³/mol. The molecule has 2 aromatic rings. The molecule has 0 saturated carbocycles. The van der Waals surface area contributed by atoms with Crippen molar-refractivity contribution < 1.29 is 13.5 Å². The van der Waals surface area contributed by atoms with Gasteiger partial charge < -0.3 is 5.11 Å². The van der Waals surface area contributed by atoms with Crippen LogP contribution in [-0.4, -0.2) is 13.5 Å². The Morgan fingerprint density at radius 3 is 2.53 bits per heavy atom. The first-order valence-corrected chi connectivity index (χ1v) is 7.75. The molecule has 2 N–H and O–H groups in total. The maximum absolute atomic E-state index is 12.2. The Balaban J connectivity index is 2.39. The molecule has 2 aromatic carbocycles. The van der Waals surface area contributed by atoms with Crippen LogP contribution >= 0.6 is 15.9 Å². The second-order valence-corrected chi connectivity index (χ2v) is 6.61. The normalized spacial score (nSPS) is 11.3. The maximum Gasteiger partial charge on any atom is 0.261 e. The average molecular weight is 342 g/mol. The zero-order valence-corrected chi connectivity index (χ0v) is 12.5. The molecule has 0 unspecified atom stereocenters. The molecule has 0 saturated heterocycles. The van der Waals surface area contributed by atoms with Crippen molar-refractivity contribution in [2.24, 2.45) is 0 Å². The van der Waals surface area contributed by atoms with Crippen LogP contribution < -0.4 is 4.72 Å². The van der Waals surface area contributed by atoms with E-state index >= 15 is 0 Å². The molecule has 6 heteroatoms. The highest BCUT2D eigenvalue weighted by Gasteiger charge is 2.16. The largest absolute Gasteiger partial charge is 0.508 e. The lowest BCUT2D eigenvalue weighted by molar-refractivity contribution is 0.471. The molecule has 0 aromatic heterocycles. The zero-order chi connectivity index (χ0) is 14.0. The lowest BCUT2D eigenvalue weighted by Crippen LogP contribution is -2.13. The van der Waals surface area contributed by atoms with E-state index in [4.69, 9.17) is 0 Å². The summed E-state index contributed by atoms with van der Waals surface area (Å²) in [6.45, 7) is 1.65. The molecule has 4 nitrogen and oxygen atoms in total.